The van der Waals surface area contributed by atoms with Gasteiger partial charge < -0.3 is 4.90 Å². The highest BCUT2D eigenvalue weighted by Gasteiger charge is 2.61. The van der Waals surface area contributed by atoms with Crippen molar-refractivity contribution in [2.45, 2.75) is 32.2 Å². The Hall–Kier alpha value is -0.790. The molecule has 2 aliphatic carbocycles. The Kier molecular flexibility index (Phi) is 1.47. The van der Waals surface area contributed by atoms with Crippen molar-refractivity contribution in [1.82, 2.24) is 4.90 Å². The molecule has 3 rings (SSSR count). The Morgan fingerprint density at radius 1 is 1.50 bits per heavy atom. The molecule has 3 aliphatic rings. The smallest absolute Gasteiger partial charge is 0.226 e. The molecule has 76 valence electrons. The molecule has 14 heavy (non-hydrogen) atoms. The first-order chi connectivity index (χ1) is 6.65. The number of nitrogens with zero attached hydrogens (tertiary/aromatic N) is 1. The molecule has 0 aromatic heterocycles. The van der Waals surface area contributed by atoms with Gasteiger partial charge in [-0.3, -0.25) is 4.79 Å². The topological polar surface area (TPSA) is 20.3 Å². The number of rotatable bonds is 0. The fraction of sp³-hybridized carbons (Fsp3) is 0.750. The van der Waals surface area contributed by atoms with Crippen LogP contribution in [0.25, 0.3) is 0 Å². The molecule has 1 saturated heterocycles. The second kappa shape index (κ2) is 2.41. The highest BCUT2D eigenvalue weighted by atomic mass is 16.2. The van der Waals surface area contributed by atoms with E-state index >= 15 is 0 Å². The maximum absolute atomic E-state index is 12.0. The third-order valence-electron chi connectivity index (χ3n) is 4.87. The SMILES string of the molecule is CN1C(=O)[C@H]2CC[C@H]3CC=C[C@@H]1[C@]32C. The standard InChI is InChI=1S/C12H17NO/c1-12-8-4-3-5-10(12)13(2)11(14)9(12)7-6-8/h3,5,8-10H,4,6-7H2,1-2H3/t8-,9-,10-,12-/m1/s1. The number of likely N-dealkylation sites (tertiary alicyclic amines) is 1. The van der Waals surface area contributed by atoms with Crippen LogP contribution in [-0.2, 0) is 4.79 Å². The van der Waals surface area contributed by atoms with E-state index in [2.05, 4.69) is 19.1 Å². The normalized spacial score (nSPS) is 50.0. The van der Waals surface area contributed by atoms with E-state index in [1.807, 2.05) is 11.9 Å². The van der Waals surface area contributed by atoms with Gasteiger partial charge in [0, 0.05) is 18.4 Å². The molecular weight excluding hydrogens is 174 g/mol. The molecule has 2 nitrogen and oxygen atoms in total. The van der Waals surface area contributed by atoms with Gasteiger partial charge in [-0.2, -0.15) is 0 Å². The lowest BCUT2D eigenvalue weighted by atomic mass is 9.67. The van der Waals surface area contributed by atoms with Crippen LogP contribution in [0, 0.1) is 17.3 Å². The van der Waals surface area contributed by atoms with E-state index in [4.69, 9.17) is 0 Å². The van der Waals surface area contributed by atoms with Crippen molar-refractivity contribution in [3.8, 4) is 0 Å². The van der Waals surface area contributed by atoms with Crippen LogP contribution in [0.15, 0.2) is 12.2 Å². The third-order valence-corrected chi connectivity index (χ3v) is 4.87. The van der Waals surface area contributed by atoms with Crippen LogP contribution in [-0.4, -0.2) is 23.9 Å². The largest absolute Gasteiger partial charge is 0.338 e. The van der Waals surface area contributed by atoms with Crippen LogP contribution in [0.3, 0.4) is 0 Å². The molecule has 1 saturated carbocycles. The fourth-order valence-electron chi connectivity index (χ4n) is 3.99. The number of hydrogen-bond acceptors (Lipinski definition) is 1. The van der Waals surface area contributed by atoms with Crippen molar-refractivity contribution in [1.29, 1.82) is 0 Å². The molecular formula is C12H17NO. The Morgan fingerprint density at radius 2 is 2.29 bits per heavy atom. The summed E-state index contributed by atoms with van der Waals surface area (Å²) in [5.74, 6) is 1.44. The van der Waals surface area contributed by atoms with Gasteiger partial charge in [0.15, 0.2) is 0 Å². The summed E-state index contributed by atoms with van der Waals surface area (Å²) in [6.45, 7) is 2.32. The van der Waals surface area contributed by atoms with Crippen molar-refractivity contribution in [2.24, 2.45) is 17.3 Å². The molecule has 0 aromatic carbocycles. The Bertz CT molecular complexity index is 322. The number of amides is 1. The van der Waals surface area contributed by atoms with Crippen molar-refractivity contribution in [3.63, 3.8) is 0 Å². The lowest BCUT2D eigenvalue weighted by molar-refractivity contribution is -0.130. The van der Waals surface area contributed by atoms with Gasteiger partial charge in [0.1, 0.15) is 0 Å². The Balaban J connectivity index is 2.13. The number of likely N-dealkylation sites (N-methyl/N-ethyl adjacent to an activating group) is 1. The fourth-order valence-corrected chi connectivity index (χ4v) is 3.99. The van der Waals surface area contributed by atoms with E-state index in [9.17, 15) is 4.79 Å². The van der Waals surface area contributed by atoms with Gasteiger partial charge in [-0.25, -0.2) is 0 Å². The van der Waals surface area contributed by atoms with Crippen molar-refractivity contribution in [2.75, 3.05) is 7.05 Å². The molecule has 1 heterocycles. The van der Waals surface area contributed by atoms with Crippen LogP contribution < -0.4 is 0 Å². The highest BCUT2D eigenvalue weighted by Crippen LogP contribution is 2.58. The number of hydrogen-bond donors (Lipinski definition) is 0. The van der Waals surface area contributed by atoms with E-state index in [1.54, 1.807) is 0 Å². The Morgan fingerprint density at radius 3 is 3.07 bits per heavy atom. The zero-order valence-electron chi connectivity index (χ0n) is 8.86. The van der Waals surface area contributed by atoms with Gasteiger partial charge in [0.25, 0.3) is 0 Å². The van der Waals surface area contributed by atoms with Crippen LogP contribution in [0.4, 0.5) is 0 Å². The summed E-state index contributed by atoms with van der Waals surface area (Å²) in [4.78, 5) is 14.0. The van der Waals surface area contributed by atoms with Crippen molar-refractivity contribution >= 4 is 5.91 Å². The average molecular weight is 191 g/mol. The first-order valence-corrected chi connectivity index (χ1v) is 5.59. The zero-order chi connectivity index (χ0) is 9.92. The molecule has 0 unspecified atom stereocenters. The van der Waals surface area contributed by atoms with Gasteiger partial charge >= 0.3 is 0 Å². The quantitative estimate of drug-likeness (QED) is 0.535. The van der Waals surface area contributed by atoms with Gasteiger partial charge in [-0.05, 0) is 25.2 Å². The molecule has 2 fully saturated rings. The van der Waals surface area contributed by atoms with Gasteiger partial charge in [-0.1, -0.05) is 19.1 Å². The van der Waals surface area contributed by atoms with Gasteiger partial charge in [0.05, 0.1) is 6.04 Å². The molecule has 0 spiro atoms. The first-order valence-electron chi connectivity index (χ1n) is 5.59. The monoisotopic (exact) mass is 191 g/mol. The van der Waals surface area contributed by atoms with E-state index in [1.165, 1.54) is 12.8 Å². The summed E-state index contributed by atoms with van der Waals surface area (Å²) >= 11 is 0. The average Bonchev–Trinajstić information content (AvgIpc) is 2.60. The molecule has 0 aromatic rings. The summed E-state index contributed by atoms with van der Waals surface area (Å²) in [7, 11) is 1.96. The van der Waals surface area contributed by atoms with E-state index in [-0.39, 0.29) is 5.41 Å². The predicted octanol–water partition coefficient (Wildman–Crippen LogP) is 1.82. The number of carbonyl (C=O) groups excluding carboxylic acids is 1. The van der Waals surface area contributed by atoms with Crippen molar-refractivity contribution in [3.05, 3.63) is 12.2 Å². The number of allylic oxidation sites excluding steroid dienone is 1. The van der Waals surface area contributed by atoms with Crippen LogP contribution in [0.2, 0.25) is 0 Å². The summed E-state index contributed by atoms with van der Waals surface area (Å²) < 4.78 is 0. The Labute approximate surface area is 85.0 Å². The van der Waals surface area contributed by atoms with Crippen LogP contribution in [0.1, 0.15) is 26.2 Å². The summed E-state index contributed by atoms with van der Waals surface area (Å²) in [5.41, 5.74) is 0.251. The molecule has 0 radical (unpaired) electrons. The molecule has 4 atom stereocenters. The van der Waals surface area contributed by atoms with Crippen LogP contribution in [0.5, 0.6) is 0 Å². The highest BCUT2D eigenvalue weighted by molar-refractivity contribution is 5.84. The predicted molar refractivity (Wildman–Crippen MR) is 54.6 cm³/mol. The van der Waals surface area contributed by atoms with E-state index in [0.29, 0.717) is 17.9 Å². The third kappa shape index (κ3) is 0.723. The maximum Gasteiger partial charge on any atom is 0.226 e. The summed E-state index contributed by atoms with van der Waals surface area (Å²) in [6.07, 6.45) is 8.07. The number of carbonyl (C=O) groups is 1. The van der Waals surface area contributed by atoms with Gasteiger partial charge in [-0.15, -0.1) is 0 Å². The lowest BCUT2D eigenvalue weighted by Crippen LogP contribution is -2.41. The molecule has 2 heteroatoms. The minimum Gasteiger partial charge on any atom is -0.338 e. The minimum atomic E-state index is 0.251. The molecule has 0 N–H and O–H groups in total. The summed E-state index contributed by atoms with van der Waals surface area (Å²) in [5, 5.41) is 0. The summed E-state index contributed by atoms with van der Waals surface area (Å²) in [6, 6.07) is 0.376. The zero-order valence-corrected chi connectivity index (χ0v) is 8.86. The molecule has 1 amide bonds. The van der Waals surface area contributed by atoms with E-state index < -0.39 is 0 Å². The van der Waals surface area contributed by atoms with Crippen LogP contribution >= 0.6 is 0 Å². The second-order valence-electron chi connectivity index (χ2n) is 5.25. The first kappa shape index (κ1) is 8.51. The lowest BCUT2D eigenvalue weighted by Gasteiger charge is -2.39. The second-order valence-corrected chi connectivity index (χ2v) is 5.25. The molecule has 1 aliphatic heterocycles. The molecule has 0 bridgehead atoms. The maximum atomic E-state index is 12.0. The van der Waals surface area contributed by atoms with E-state index in [0.717, 1.165) is 12.3 Å². The van der Waals surface area contributed by atoms with Crippen molar-refractivity contribution < 1.29 is 4.79 Å². The minimum absolute atomic E-state index is 0.251. The van der Waals surface area contributed by atoms with Gasteiger partial charge in [0.2, 0.25) is 5.91 Å².